The first-order valence-electron chi connectivity index (χ1n) is 7.17. The van der Waals surface area contributed by atoms with E-state index in [0.29, 0.717) is 12.5 Å². The Morgan fingerprint density at radius 2 is 1.90 bits per heavy atom. The standard InChI is InChI=1S/C15H28N4O/c1-8-9-12-17-13(16-5)11(2)14(18-12)20-10-15(3,4)19(6)7/h8-10H2,1-7H3,(H,16,17,18). The fraction of sp³-hybridized carbons (Fsp3) is 0.733. The average Bonchev–Trinajstić information content (AvgIpc) is 2.39. The summed E-state index contributed by atoms with van der Waals surface area (Å²) in [4.78, 5) is 11.2. The van der Waals surface area contributed by atoms with Crippen molar-refractivity contribution in [1.82, 2.24) is 14.9 Å². The maximum absolute atomic E-state index is 5.96. The van der Waals surface area contributed by atoms with Crippen LogP contribution >= 0.6 is 0 Å². The fourth-order valence-corrected chi connectivity index (χ4v) is 1.63. The van der Waals surface area contributed by atoms with E-state index < -0.39 is 0 Å². The van der Waals surface area contributed by atoms with Crippen molar-refractivity contribution in [2.45, 2.75) is 46.1 Å². The highest BCUT2D eigenvalue weighted by molar-refractivity contribution is 5.48. The van der Waals surface area contributed by atoms with E-state index >= 15 is 0 Å². The summed E-state index contributed by atoms with van der Waals surface area (Å²) in [7, 11) is 5.98. The molecule has 1 rings (SSSR count). The Labute approximate surface area is 122 Å². The minimum atomic E-state index is -0.0396. The number of aromatic nitrogens is 2. The predicted octanol–water partition coefficient (Wildman–Crippen LogP) is 2.50. The van der Waals surface area contributed by atoms with Crippen LogP contribution in [0.25, 0.3) is 0 Å². The van der Waals surface area contributed by atoms with Gasteiger partial charge in [-0.1, -0.05) is 6.92 Å². The quantitative estimate of drug-likeness (QED) is 0.831. The number of nitrogens with zero attached hydrogens (tertiary/aromatic N) is 3. The molecule has 1 aromatic heterocycles. The third-order valence-electron chi connectivity index (χ3n) is 3.63. The summed E-state index contributed by atoms with van der Waals surface area (Å²) in [5.74, 6) is 2.36. The highest BCUT2D eigenvalue weighted by Crippen LogP contribution is 2.23. The van der Waals surface area contributed by atoms with Crippen molar-refractivity contribution < 1.29 is 4.74 Å². The average molecular weight is 280 g/mol. The van der Waals surface area contributed by atoms with Crippen LogP contribution in [0.2, 0.25) is 0 Å². The molecule has 0 aliphatic carbocycles. The Balaban J connectivity index is 2.96. The molecule has 0 fully saturated rings. The number of anilines is 1. The van der Waals surface area contributed by atoms with Gasteiger partial charge in [0, 0.05) is 19.0 Å². The summed E-state index contributed by atoms with van der Waals surface area (Å²) in [6.45, 7) is 9.00. The molecule has 114 valence electrons. The van der Waals surface area contributed by atoms with E-state index in [0.717, 1.165) is 30.0 Å². The predicted molar refractivity (Wildman–Crippen MR) is 83.6 cm³/mol. The molecule has 0 bridgehead atoms. The molecule has 0 amide bonds. The van der Waals surface area contributed by atoms with Gasteiger partial charge >= 0.3 is 0 Å². The molecule has 0 aromatic carbocycles. The van der Waals surface area contributed by atoms with E-state index in [9.17, 15) is 0 Å². The van der Waals surface area contributed by atoms with Crippen molar-refractivity contribution in [3.05, 3.63) is 11.4 Å². The molecule has 0 saturated carbocycles. The molecular formula is C15H28N4O. The van der Waals surface area contributed by atoms with Crippen LogP contribution < -0.4 is 10.1 Å². The molecule has 5 nitrogen and oxygen atoms in total. The van der Waals surface area contributed by atoms with Crippen LogP contribution in [-0.4, -0.2) is 48.2 Å². The van der Waals surface area contributed by atoms with Crippen molar-refractivity contribution in [2.24, 2.45) is 0 Å². The van der Waals surface area contributed by atoms with Crippen molar-refractivity contribution in [3.8, 4) is 5.88 Å². The topological polar surface area (TPSA) is 50.3 Å². The maximum Gasteiger partial charge on any atom is 0.221 e. The van der Waals surface area contributed by atoms with Crippen molar-refractivity contribution in [2.75, 3.05) is 33.1 Å². The number of rotatable bonds is 7. The lowest BCUT2D eigenvalue weighted by Gasteiger charge is -2.32. The molecule has 1 heterocycles. The zero-order valence-corrected chi connectivity index (χ0v) is 13.9. The smallest absolute Gasteiger partial charge is 0.221 e. The van der Waals surface area contributed by atoms with E-state index in [-0.39, 0.29) is 5.54 Å². The summed E-state index contributed by atoms with van der Waals surface area (Å²) in [5.41, 5.74) is 0.921. The summed E-state index contributed by atoms with van der Waals surface area (Å²) in [6.07, 6.45) is 1.89. The lowest BCUT2D eigenvalue weighted by Crippen LogP contribution is -2.43. The van der Waals surface area contributed by atoms with Gasteiger partial charge in [0.25, 0.3) is 0 Å². The van der Waals surface area contributed by atoms with Crippen LogP contribution in [0.4, 0.5) is 5.82 Å². The lowest BCUT2D eigenvalue weighted by atomic mass is 10.1. The van der Waals surface area contributed by atoms with Crippen LogP contribution in [0.3, 0.4) is 0 Å². The SMILES string of the molecule is CCCc1nc(NC)c(C)c(OCC(C)(C)N(C)C)n1. The Morgan fingerprint density at radius 1 is 1.25 bits per heavy atom. The minimum Gasteiger partial charge on any atom is -0.475 e. The van der Waals surface area contributed by atoms with E-state index in [4.69, 9.17) is 4.74 Å². The minimum absolute atomic E-state index is 0.0396. The molecule has 0 aliphatic heterocycles. The Bertz CT molecular complexity index is 444. The second-order valence-electron chi connectivity index (χ2n) is 5.91. The van der Waals surface area contributed by atoms with Gasteiger partial charge in [-0.25, -0.2) is 4.98 Å². The van der Waals surface area contributed by atoms with E-state index in [1.165, 1.54) is 0 Å². The first kappa shape index (κ1) is 16.7. The number of hydrogen-bond acceptors (Lipinski definition) is 5. The fourth-order valence-electron chi connectivity index (χ4n) is 1.63. The summed E-state index contributed by atoms with van der Waals surface area (Å²) >= 11 is 0. The van der Waals surface area contributed by atoms with Gasteiger partial charge in [-0.3, -0.25) is 0 Å². The third kappa shape index (κ3) is 4.07. The molecule has 1 N–H and O–H groups in total. The number of ether oxygens (including phenoxy) is 1. The van der Waals surface area contributed by atoms with Crippen LogP contribution in [-0.2, 0) is 6.42 Å². The highest BCUT2D eigenvalue weighted by Gasteiger charge is 2.22. The molecule has 20 heavy (non-hydrogen) atoms. The molecule has 0 aliphatic rings. The molecule has 1 aromatic rings. The van der Waals surface area contributed by atoms with Crippen molar-refractivity contribution >= 4 is 5.82 Å². The van der Waals surface area contributed by atoms with Crippen LogP contribution in [0.15, 0.2) is 0 Å². The first-order chi connectivity index (χ1) is 9.31. The van der Waals surface area contributed by atoms with Gasteiger partial charge in [0.05, 0.1) is 5.56 Å². The van der Waals surface area contributed by atoms with Crippen LogP contribution in [0.1, 0.15) is 38.6 Å². The van der Waals surface area contributed by atoms with Gasteiger partial charge in [0.2, 0.25) is 5.88 Å². The van der Waals surface area contributed by atoms with Gasteiger partial charge in [-0.2, -0.15) is 4.98 Å². The second-order valence-corrected chi connectivity index (χ2v) is 5.91. The number of hydrogen-bond donors (Lipinski definition) is 1. The maximum atomic E-state index is 5.96. The summed E-state index contributed by atoms with van der Waals surface area (Å²) in [5, 5.41) is 3.11. The van der Waals surface area contributed by atoms with Crippen molar-refractivity contribution in [1.29, 1.82) is 0 Å². The number of likely N-dealkylation sites (N-methyl/N-ethyl adjacent to an activating group) is 1. The van der Waals surface area contributed by atoms with E-state index in [1.54, 1.807) is 0 Å². The van der Waals surface area contributed by atoms with Crippen molar-refractivity contribution in [3.63, 3.8) is 0 Å². The zero-order chi connectivity index (χ0) is 15.3. The molecule has 0 spiro atoms. The molecule has 0 saturated heterocycles. The summed E-state index contributed by atoms with van der Waals surface area (Å²) < 4.78 is 5.96. The first-order valence-corrected chi connectivity index (χ1v) is 7.17. The van der Waals surface area contributed by atoms with Crippen LogP contribution in [0.5, 0.6) is 5.88 Å². The van der Waals surface area contributed by atoms with Crippen LogP contribution in [0, 0.1) is 6.92 Å². The van der Waals surface area contributed by atoms with E-state index in [2.05, 4.69) is 55.1 Å². The lowest BCUT2D eigenvalue weighted by molar-refractivity contribution is 0.110. The van der Waals surface area contributed by atoms with E-state index in [1.807, 2.05) is 14.0 Å². The van der Waals surface area contributed by atoms with Gasteiger partial charge in [0.1, 0.15) is 18.2 Å². The molecule has 0 unspecified atom stereocenters. The third-order valence-corrected chi connectivity index (χ3v) is 3.63. The number of aryl methyl sites for hydroxylation is 1. The number of nitrogens with one attached hydrogen (secondary N) is 1. The largest absolute Gasteiger partial charge is 0.475 e. The normalized spacial score (nSPS) is 11.8. The van der Waals surface area contributed by atoms with Gasteiger partial charge < -0.3 is 15.0 Å². The molecule has 0 atom stereocenters. The Kier molecular flexibility index (Phi) is 5.74. The Morgan fingerprint density at radius 3 is 2.40 bits per heavy atom. The van der Waals surface area contributed by atoms with Gasteiger partial charge in [-0.15, -0.1) is 0 Å². The monoisotopic (exact) mass is 280 g/mol. The second kappa shape index (κ2) is 6.88. The molecule has 5 heteroatoms. The molecular weight excluding hydrogens is 252 g/mol. The Hall–Kier alpha value is -1.36. The van der Waals surface area contributed by atoms with Gasteiger partial charge in [0.15, 0.2) is 0 Å². The molecule has 0 radical (unpaired) electrons. The zero-order valence-electron chi connectivity index (χ0n) is 13.9. The van der Waals surface area contributed by atoms with Gasteiger partial charge in [-0.05, 0) is 41.3 Å². The highest BCUT2D eigenvalue weighted by atomic mass is 16.5. The summed E-state index contributed by atoms with van der Waals surface area (Å²) in [6, 6.07) is 0.